The van der Waals surface area contributed by atoms with Gasteiger partial charge in [0.15, 0.2) is 0 Å². The van der Waals surface area contributed by atoms with E-state index in [4.69, 9.17) is 16.3 Å². The van der Waals surface area contributed by atoms with E-state index in [9.17, 15) is 19.6 Å². The number of nitrogens with zero attached hydrogens (tertiary/aromatic N) is 2. The highest BCUT2D eigenvalue weighted by Gasteiger charge is 2.49. The molecule has 0 bridgehead atoms. The molecule has 1 saturated carbocycles. The predicted molar refractivity (Wildman–Crippen MR) is 136 cm³/mol. The smallest absolute Gasteiger partial charge is 0.410 e. The number of hydrogen-bond acceptors (Lipinski definition) is 5. The molecule has 2 aliphatic heterocycles. The first-order chi connectivity index (χ1) is 17.5. The Labute approximate surface area is 217 Å². The van der Waals surface area contributed by atoms with Gasteiger partial charge in [-0.05, 0) is 67.7 Å². The van der Waals surface area contributed by atoms with Crippen LogP contribution in [0.15, 0.2) is 30.3 Å². The summed E-state index contributed by atoms with van der Waals surface area (Å²) in [5, 5.41) is 16.0. The fraction of sp³-hybridized carbons (Fsp3) is 0.556. The predicted octanol–water partition coefficient (Wildman–Crippen LogP) is 3.91. The summed E-state index contributed by atoms with van der Waals surface area (Å²) in [7, 11) is 0. The van der Waals surface area contributed by atoms with Crippen LogP contribution in [0.25, 0.3) is 6.08 Å². The molecular formula is C27H33ClN4O4. The van der Waals surface area contributed by atoms with Gasteiger partial charge in [0.1, 0.15) is 18.7 Å². The van der Waals surface area contributed by atoms with E-state index in [1.807, 2.05) is 24.3 Å². The van der Waals surface area contributed by atoms with Crippen LogP contribution in [-0.2, 0) is 14.3 Å². The summed E-state index contributed by atoms with van der Waals surface area (Å²) in [6, 6.07) is 8.03. The molecule has 0 unspecified atom stereocenters. The number of rotatable bonds is 7. The van der Waals surface area contributed by atoms with E-state index in [1.165, 1.54) is 4.90 Å². The van der Waals surface area contributed by atoms with Crippen molar-refractivity contribution in [2.24, 2.45) is 17.8 Å². The lowest BCUT2D eigenvalue weighted by Gasteiger charge is -2.30. The van der Waals surface area contributed by atoms with Gasteiger partial charge < -0.3 is 15.4 Å². The topological polar surface area (TPSA) is 112 Å². The van der Waals surface area contributed by atoms with Crippen molar-refractivity contribution in [2.45, 2.75) is 57.0 Å². The number of ether oxygens (including phenoxy) is 1. The van der Waals surface area contributed by atoms with Gasteiger partial charge in [-0.15, -0.1) is 0 Å². The Balaban J connectivity index is 1.39. The Bertz CT molecular complexity index is 1040. The average Bonchev–Trinajstić information content (AvgIpc) is 3.27. The van der Waals surface area contributed by atoms with Crippen LogP contribution in [0.5, 0.6) is 0 Å². The molecule has 5 atom stereocenters. The molecule has 4 rings (SSSR count). The van der Waals surface area contributed by atoms with Gasteiger partial charge in [-0.25, -0.2) is 4.79 Å². The summed E-state index contributed by atoms with van der Waals surface area (Å²) >= 11 is 6.00. The van der Waals surface area contributed by atoms with E-state index in [0.717, 1.165) is 37.7 Å². The molecule has 2 saturated heterocycles. The molecule has 3 amide bonds. The Hall–Kier alpha value is -3.05. The molecule has 0 spiro atoms. The summed E-state index contributed by atoms with van der Waals surface area (Å²) in [6.45, 7) is 1.19. The molecule has 8 nitrogen and oxygen atoms in total. The zero-order valence-corrected chi connectivity index (χ0v) is 21.1. The summed E-state index contributed by atoms with van der Waals surface area (Å²) in [4.78, 5) is 40.1. The minimum Gasteiger partial charge on any atom is -0.445 e. The van der Waals surface area contributed by atoms with E-state index in [0.29, 0.717) is 24.5 Å². The SMILES string of the molecule is N#C[C@H](C[C@@H]1CCCNC1=O)NC(=O)[C@@H]1[C@H]2CCCC[C@H]2CN1C(=O)OC/C=C/c1cccc(Cl)c1. The van der Waals surface area contributed by atoms with Crippen LogP contribution in [-0.4, -0.2) is 54.6 Å². The summed E-state index contributed by atoms with van der Waals surface area (Å²) in [5.41, 5.74) is 0.900. The number of hydrogen-bond donors (Lipinski definition) is 2. The Morgan fingerprint density at radius 2 is 2.11 bits per heavy atom. The lowest BCUT2D eigenvalue weighted by Crippen LogP contribution is -2.52. The van der Waals surface area contributed by atoms with Crippen LogP contribution in [0.1, 0.15) is 50.5 Å². The molecule has 2 heterocycles. The van der Waals surface area contributed by atoms with E-state index < -0.39 is 18.2 Å². The van der Waals surface area contributed by atoms with E-state index in [-0.39, 0.29) is 42.6 Å². The molecule has 3 fully saturated rings. The Morgan fingerprint density at radius 1 is 1.28 bits per heavy atom. The third kappa shape index (κ3) is 6.38. The number of amides is 3. The third-order valence-corrected chi connectivity index (χ3v) is 7.73. The van der Waals surface area contributed by atoms with Gasteiger partial charge >= 0.3 is 6.09 Å². The van der Waals surface area contributed by atoms with Crippen molar-refractivity contribution in [3.63, 3.8) is 0 Å². The molecule has 0 aromatic heterocycles. The molecule has 3 aliphatic rings. The van der Waals surface area contributed by atoms with Crippen LogP contribution >= 0.6 is 11.6 Å². The Morgan fingerprint density at radius 3 is 2.89 bits per heavy atom. The molecule has 1 aromatic rings. The second kappa shape index (κ2) is 12.3. The van der Waals surface area contributed by atoms with E-state index >= 15 is 0 Å². The standard InChI is InChI=1S/C27H33ClN4O4/c28-21-10-3-6-18(14-21)7-5-13-36-27(35)32-17-20-8-1-2-11-23(20)24(32)26(34)31-22(16-29)15-19-9-4-12-30-25(19)33/h3,5-7,10,14,19-20,22-24H,1-2,4,8-9,11-13,15,17H2,(H,30,33)(H,31,34)/b7-5+/t19-,20-,22-,23-,24-/m0/s1. The molecule has 0 radical (unpaired) electrons. The highest BCUT2D eigenvalue weighted by atomic mass is 35.5. The van der Waals surface area contributed by atoms with Gasteiger partial charge in [-0.1, -0.05) is 42.7 Å². The fourth-order valence-electron chi connectivity index (χ4n) is 5.74. The van der Waals surface area contributed by atoms with Crippen molar-refractivity contribution < 1.29 is 19.1 Å². The maximum Gasteiger partial charge on any atom is 0.410 e. The first kappa shape index (κ1) is 26.0. The summed E-state index contributed by atoms with van der Waals surface area (Å²) < 4.78 is 5.50. The molecule has 9 heteroatoms. The molecule has 2 N–H and O–H groups in total. The second-order valence-electron chi connectivity index (χ2n) is 9.90. The monoisotopic (exact) mass is 512 g/mol. The van der Waals surface area contributed by atoms with Crippen LogP contribution in [0.3, 0.4) is 0 Å². The maximum absolute atomic E-state index is 13.4. The van der Waals surface area contributed by atoms with Gasteiger partial charge in [-0.3, -0.25) is 14.5 Å². The summed E-state index contributed by atoms with van der Waals surface area (Å²) in [5.74, 6) is -0.403. The minimum absolute atomic E-state index is 0.0469. The number of fused-ring (bicyclic) bond motifs is 1. The van der Waals surface area contributed by atoms with Gasteiger partial charge in [0, 0.05) is 24.0 Å². The van der Waals surface area contributed by atoms with Crippen LogP contribution in [0, 0.1) is 29.1 Å². The number of piperidine rings is 1. The number of likely N-dealkylation sites (tertiary alicyclic amines) is 1. The molecular weight excluding hydrogens is 480 g/mol. The van der Waals surface area contributed by atoms with Crippen molar-refractivity contribution >= 4 is 35.6 Å². The zero-order chi connectivity index (χ0) is 25.5. The first-order valence-corrected chi connectivity index (χ1v) is 13.2. The van der Waals surface area contributed by atoms with Crippen LogP contribution in [0.4, 0.5) is 4.79 Å². The van der Waals surface area contributed by atoms with Crippen molar-refractivity contribution in [1.29, 1.82) is 5.26 Å². The van der Waals surface area contributed by atoms with Crippen molar-refractivity contribution in [3.05, 3.63) is 40.9 Å². The van der Waals surface area contributed by atoms with E-state index in [1.54, 1.807) is 12.1 Å². The van der Waals surface area contributed by atoms with Gasteiger partial charge in [0.25, 0.3) is 0 Å². The number of nitriles is 1. The van der Waals surface area contributed by atoms with Crippen molar-refractivity contribution in [1.82, 2.24) is 15.5 Å². The number of halogens is 1. The molecule has 192 valence electrons. The number of carbonyl (C=O) groups excluding carboxylic acids is 3. The van der Waals surface area contributed by atoms with Crippen LogP contribution < -0.4 is 10.6 Å². The molecule has 1 aromatic carbocycles. The number of nitrogens with one attached hydrogen (secondary N) is 2. The van der Waals surface area contributed by atoms with Crippen LogP contribution in [0.2, 0.25) is 5.02 Å². The molecule has 36 heavy (non-hydrogen) atoms. The normalized spacial score (nSPS) is 26.6. The van der Waals surface area contributed by atoms with Crippen molar-refractivity contribution in [2.75, 3.05) is 19.7 Å². The fourth-order valence-corrected chi connectivity index (χ4v) is 5.94. The highest BCUT2D eigenvalue weighted by molar-refractivity contribution is 6.30. The quantitative estimate of drug-likeness (QED) is 0.575. The lowest BCUT2D eigenvalue weighted by atomic mass is 9.78. The zero-order valence-electron chi connectivity index (χ0n) is 20.3. The first-order valence-electron chi connectivity index (χ1n) is 12.8. The Kier molecular flexibility index (Phi) is 8.87. The lowest BCUT2D eigenvalue weighted by molar-refractivity contribution is -0.129. The van der Waals surface area contributed by atoms with E-state index in [2.05, 4.69) is 16.7 Å². The minimum atomic E-state index is -0.785. The van der Waals surface area contributed by atoms with Gasteiger partial charge in [0.2, 0.25) is 11.8 Å². The summed E-state index contributed by atoms with van der Waals surface area (Å²) in [6.07, 6.45) is 8.80. The highest BCUT2D eigenvalue weighted by Crippen LogP contribution is 2.41. The largest absolute Gasteiger partial charge is 0.445 e. The maximum atomic E-state index is 13.4. The molecule has 1 aliphatic carbocycles. The number of benzene rings is 1. The number of carbonyl (C=O) groups is 3. The van der Waals surface area contributed by atoms with Gasteiger partial charge in [0.05, 0.1) is 6.07 Å². The van der Waals surface area contributed by atoms with Gasteiger partial charge in [-0.2, -0.15) is 5.26 Å². The third-order valence-electron chi connectivity index (χ3n) is 7.50. The average molecular weight is 513 g/mol. The van der Waals surface area contributed by atoms with Crippen molar-refractivity contribution in [3.8, 4) is 6.07 Å². The second-order valence-corrected chi connectivity index (χ2v) is 10.3.